The summed E-state index contributed by atoms with van der Waals surface area (Å²) in [6.07, 6.45) is 2.19. The third-order valence-corrected chi connectivity index (χ3v) is 6.58. The number of nitrogens with zero attached hydrogens (tertiary/aromatic N) is 1. The number of piperidine rings is 1. The molecule has 0 aliphatic carbocycles. The molecule has 0 amide bonds. The van der Waals surface area contributed by atoms with E-state index in [0.717, 1.165) is 38.2 Å². The van der Waals surface area contributed by atoms with Gasteiger partial charge in [-0.15, -0.1) is 0 Å². The Kier molecular flexibility index (Phi) is 6.39. The van der Waals surface area contributed by atoms with E-state index in [2.05, 4.69) is 33.9 Å². The molecule has 1 saturated heterocycles. The van der Waals surface area contributed by atoms with Gasteiger partial charge in [0.05, 0.1) is 5.25 Å². The van der Waals surface area contributed by atoms with Gasteiger partial charge in [0.15, 0.2) is 0 Å². The van der Waals surface area contributed by atoms with Gasteiger partial charge in [0.2, 0.25) is 10.0 Å². The number of benzene rings is 2. The van der Waals surface area contributed by atoms with E-state index in [0.29, 0.717) is 5.69 Å². The van der Waals surface area contributed by atoms with Crippen molar-refractivity contribution in [2.75, 3.05) is 17.8 Å². The maximum Gasteiger partial charge on any atom is 0.235 e. The van der Waals surface area contributed by atoms with Crippen LogP contribution in [-0.4, -0.2) is 37.8 Å². The van der Waals surface area contributed by atoms with Crippen LogP contribution in [0.25, 0.3) is 0 Å². The second-order valence-corrected chi connectivity index (χ2v) is 9.54. The second kappa shape index (κ2) is 8.76. The van der Waals surface area contributed by atoms with Crippen molar-refractivity contribution in [2.24, 2.45) is 0 Å². The molecule has 3 rings (SSSR count). The highest BCUT2D eigenvalue weighted by Gasteiger charge is 2.21. The first-order chi connectivity index (χ1) is 12.9. The molecule has 2 aromatic carbocycles. The van der Waals surface area contributed by atoms with Crippen LogP contribution in [0.3, 0.4) is 0 Å². The standard InChI is InChI=1S/C21H28N2O3S/c1-17(2)27(24,25)22-19-8-10-20(11-9-19)26-21-12-14-23(15-13-21)16-18-6-4-3-5-7-18/h3-11,17,21-22H,12-16H2,1-2H3. The summed E-state index contributed by atoms with van der Waals surface area (Å²) in [5.74, 6) is 0.781. The van der Waals surface area contributed by atoms with Crippen molar-refractivity contribution in [1.82, 2.24) is 4.90 Å². The van der Waals surface area contributed by atoms with Crippen LogP contribution in [0.5, 0.6) is 5.75 Å². The summed E-state index contributed by atoms with van der Waals surface area (Å²) in [6.45, 7) is 6.34. The molecular weight excluding hydrogens is 360 g/mol. The van der Waals surface area contributed by atoms with Crippen molar-refractivity contribution in [1.29, 1.82) is 0 Å². The number of hydrogen-bond acceptors (Lipinski definition) is 4. The summed E-state index contributed by atoms with van der Waals surface area (Å²) in [5.41, 5.74) is 1.91. The zero-order valence-corrected chi connectivity index (χ0v) is 16.8. The smallest absolute Gasteiger partial charge is 0.235 e. The molecular formula is C21H28N2O3S. The summed E-state index contributed by atoms with van der Waals surface area (Å²) in [6, 6.07) is 17.7. The quantitative estimate of drug-likeness (QED) is 0.782. The predicted molar refractivity (Wildman–Crippen MR) is 109 cm³/mol. The molecule has 1 aliphatic rings. The van der Waals surface area contributed by atoms with Crippen molar-refractivity contribution >= 4 is 15.7 Å². The molecule has 0 aromatic heterocycles. The topological polar surface area (TPSA) is 58.6 Å². The largest absolute Gasteiger partial charge is 0.490 e. The van der Waals surface area contributed by atoms with Gasteiger partial charge in [-0.05, 0) is 56.5 Å². The maximum atomic E-state index is 11.9. The molecule has 27 heavy (non-hydrogen) atoms. The van der Waals surface area contributed by atoms with Gasteiger partial charge < -0.3 is 4.74 Å². The molecule has 146 valence electrons. The van der Waals surface area contributed by atoms with Crippen LogP contribution >= 0.6 is 0 Å². The Balaban J connectivity index is 1.48. The fourth-order valence-electron chi connectivity index (χ4n) is 3.10. The number of anilines is 1. The number of sulfonamides is 1. The number of rotatable bonds is 7. The lowest BCUT2D eigenvalue weighted by Crippen LogP contribution is -2.37. The van der Waals surface area contributed by atoms with Crippen molar-refractivity contribution in [2.45, 2.75) is 44.6 Å². The van der Waals surface area contributed by atoms with Gasteiger partial charge in [-0.2, -0.15) is 0 Å². The molecule has 6 heteroatoms. The van der Waals surface area contributed by atoms with E-state index >= 15 is 0 Å². The Morgan fingerprint density at radius 2 is 1.67 bits per heavy atom. The molecule has 0 saturated carbocycles. The minimum Gasteiger partial charge on any atom is -0.490 e. The summed E-state index contributed by atoms with van der Waals surface area (Å²) in [5, 5.41) is -0.463. The fraction of sp³-hybridized carbons (Fsp3) is 0.429. The molecule has 1 aliphatic heterocycles. The van der Waals surface area contributed by atoms with Crippen LogP contribution in [0, 0.1) is 0 Å². The van der Waals surface area contributed by atoms with E-state index in [1.165, 1.54) is 5.56 Å². The highest BCUT2D eigenvalue weighted by Crippen LogP contribution is 2.22. The normalized spacial score (nSPS) is 16.4. The Morgan fingerprint density at radius 3 is 2.26 bits per heavy atom. The van der Waals surface area contributed by atoms with E-state index in [4.69, 9.17) is 4.74 Å². The molecule has 1 N–H and O–H groups in total. The van der Waals surface area contributed by atoms with Gasteiger partial charge in [-0.3, -0.25) is 9.62 Å². The molecule has 1 fully saturated rings. The van der Waals surface area contributed by atoms with E-state index in [9.17, 15) is 8.42 Å². The summed E-state index contributed by atoms with van der Waals surface area (Å²) < 4.78 is 32.5. The summed E-state index contributed by atoms with van der Waals surface area (Å²) in [4.78, 5) is 2.46. The molecule has 0 spiro atoms. The van der Waals surface area contributed by atoms with Gasteiger partial charge in [0.1, 0.15) is 11.9 Å². The average molecular weight is 389 g/mol. The summed E-state index contributed by atoms with van der Waals surface area (Å²) in [7, 11) is -3.32. The molecule has 5 nitrogen and oxygen atoms in total. The molecule has 1 heterocycles. The van der Waals surface area contributed by atoms with E-state index in [1.807, 2.05) is 18.2 Å². The van der Waals surface area contributed by atoms with Crippen molar-refractivity contribution in [3.63, 3.8) is 0 Å². The Labute approximate surface area is 162 Å². The first-order valence-corrected chi connectivity index (χ1v) is 11.0. The second-order valence-electron chi connectivity index (χ2n) is 7.30. The molecule has 0 unspecified atom stereocenters. The SMILES string of the molecule is CC(C)S(=O)(=O)Nc1ccc(OC2CCN(Cc3ccccc3)CC2)cc1. The molecule has 0 bridgehead atoms. The lowest BCUT2D eigenvalue weighted by atomic mass is 10.1. The van der Waals surface area contributed by atoms with Crippen LogP contribution in [-0.2, 0) is 16.6 Å². The first-order valence-electron chi connectivity index (χ1n) is 9.47. The zero-order valence-electron chi connectivity index (χ0n) is 16.0. The van der Waals surface area contributed by atoms with E-state index in [-0.39, 0.29) is 6.10 Å². The average Bonchev–Trinajstić information content (AvgIpc) is 2.65. The fourth-order valence-corrected chi connectivity index (χ4v) is 3.80. The highest BCUT2D eigenvalue weighted by molar-refractivity contribution is 7.93. The monoisotopic (exact) mass is 388 g/mol. The third kappa shape index (κ3) is 5.71. The van der Waals surface area contributed by atoms with Crippen LogP contribution in [0.4, 0.5) is 5.69 Å². The third-order valence-electron chi connectivity index (χ3n) is 4.82. The Hall–Kier alpha value is -2.05. The number of likely N-dealkylation sites (tertiary alicyclic amines) is 1. The maximum absolute atomic E-state index is 11.9. The van der Waals surface area contributed by atoms with Crippen molar-refractivity contribution < 1.29 is 13.2 Å². The lowest BCUT2D eigenvalue weighted by molar-refractivity contribution is 0.0968. The van der Waals surface area contributed by atoms with E-state index in [1.54, 1.807) is 26.0 Å². The van der Waals surface area contributed by atoms with Crippen LogP contribution in [0.15, 0.2) is 54.6 Å². The van der Waals surface area contributed by atoms with Gasteiger partial charge >= 0.3 is 0 Å². The molecule has 0 atom stereocenters. The van der Waals surface area contributed by atoms with Gasteiger partial charge in [-0.1, -0.05) is 30.3 Å². The van der Waals surface area contributed by atoms with E-state index < -0.39 is 15.3 Å². The minimum atomic E-state index is -3.32. The molecule has 0 radical (unpaired) electrons. The van der Waals surface area contributed by atoms with Gasteiger partial charge in [-0.25, -0.2) is 8.42 Å². The Bertz CT molecular complexity index is 812. The number of nitrogens with one attached hydrogen (secondary N) is 1. The van der Waals surface area contributed by atoms with Gasteiger partial charge in [0, 0.05) is 25.3 Å². The predicted octanol–water partition coefficient (Wildman–Crippen LogP) is 3.88. The lowest BCUT2D eigenvalue weighted by Gasteiger charge is -2.32. The van der Waals surface area contributed by atoms with Crippen molar-refractivity contribution in [3.05, 3.63) is 60.2 Å². The van der Waals surface area contributed by atoms with Gasteiger partial charge in [0.25, 0.3) is 0 Å². The molecule has 2 aromatic rings. The number of hydrogen-bond donors (Lipinski definition) is 1. The summed E-state index contributed by atoms with van der Waals surface area (Å²) >= 11 is 0. The van der Waals surface area contributed by atoms with Crippen LogP contribution < -0.4 is 9.46 Å². The van der Waals surface area contributed by atoms with Crippen LogP contribution in [0.1, 0.15) is 32.3 Å². The number of ether oxygens (including phenoxy) is 1. The minimum absolute atomic E-state index is 0.204. The highest BCUT2D eigenvalue weighted by atomic mass is 32.2. The van der Waals surface area contributed by atoms with Crippen molar-refractivity contribution in [3.8, 4) is 5.75 Å². The van der Waals surface area contributed by atoms with Crippen LogP contribution in [0.2, 0.25) is 0 Å². The first kappa shape index (κ1) is 19.7. The zero-order chi connectivity index (χ0) is 19.3. The Morgan fingerprint density at radius 1 is 1.04 bits per heavy atom.